The van der Waals surface area contributed by atoms with Gasteiger partial charge in [0.2, 0.25) is 0 Å². The second-order valence-corrected chi connectivity index (χ2v) is 1.29. The fourth-order valence-electron chi connectivity index (χ4n) is 0. The molecule has 7 heteroatoms. The van der Waals surface area contributed by atoms with Crippen molar-refractivity contribution in [2.24, 2.45) is 0 Å². The summed E-state index contributed by atoms with van der Waals surface area (Å²) in [6, 6.07) is 0. The predicted octanol–water partition coefficient (Wildman–Crippen LogP) is -4.21. The van der Waals surface area contributed by atoms with E-state index in [4.69, 9.17) is 14.4 Å². The first-order valence-corrected chi connectivity index (χ1v) is 2.15. The molecule has 0 radical (unpaired) electrons. The maximum Gasteiger partial charge on any atom is 4.00 e. The fourth-order valence-corrected chi connectivity index (χ4v) is 0. The molecule has 0 fully saturated rings. The van der Waals surface area contributed by atoms with Crippen molar-refractivity contribution >= 4 is 7.91 Å². The van der Waals surface area contributed by atoms with E-state index in [0.717, 1.165) is 0 Å². The quantitative estimate of drug-likeness (QED) is 0.272. The zero-order valence-corrected chi connectivity index (χ0v) is 8.01. The Kier molecular flexibility index (Phi) is 13.5. The molecular weight excluding hydrogens is 169 g/mol. The van der Waals surface area contributed by atoms with Gasteiger partial charge in [0, 0.05) is 0 Å². The van der Waals surface area contributed by atoms with E-state index >= 15 is 0 Å². The molecule has 0 aromatic heterocycles. The van der Waals surface area contributed by atoms with Crippen molar-refractivity contribution in [2.75, 3.05) is 0 Å². The van der Waals surface area contributed by atoms with Gasteiger partial charge in [0.1, 0.15) is 7.91 Å². The van der Waals surface area contributed by atoms with E-state index in [9.17, 15) is 4.20 Å². The second kappa shape index (κ2) is 5.92. The summed E-state index contributed by atoms with van der Waals surface area (Å²) in [6.45, 7) is 0. The van der Waals surface area contributed by atoms with Gasteiger partial charge in [-0.2, -0.15) is 0 Å². The van der Waals surface area contributed by atoms with Crippen LogP contribution in [0.5, 0.6) is 0 Å². The summed E-state index contributed by atoms with van der Waals surface area (Å²) < 4.78 is 18.6. The molecule has 0 aliphatic heterocycles. The molecule has 0 heterocycles. The molecule has 0 aliphatic rings. The number of rotatable bonds is 0. The summed E-state index contributed by atoms with van der Waals surface area (Å²) in [4.78, 5) is 16.9. The molecule has 0 rings (SSSR count). The second-order valence-electron chi connectivity index (χ2n) is 0.431. The molecule has 3 nitrogen and oxygen atoms in total. The topological polar surface area (TPSA) is 63.2 Å². The molecule has 0 N–H and O–H groups in total. The average Bonchev–Trinajstić information content (AvgIpc) is 0.722. The largest absolute Gasteiger partial charge is 4.00 e. The van der Waals surface area contributed by atoms with Gasteiger partial charge in [-0.15, -0.1) is 0 Å². The molecule has 0 saturated carbocycles. The molecule has 7 heavy (non-hydrogen) atoms. The molecule has 0 amide bonds. The molecule has 0 aliphatic carbocycles. The third kappa shape index (κ3) is 81.3. The van der Waals surface area contributed by atoms with Gasteiger partial charge in [-0.3, -0.25) is 0 Å². The van der Waals surface area contributed by atoms with Gasteiger partial charge in [0.25, 0.3) is 0 Å². The van der Waals surface area contributed by atoms with E-state index in [2.05, 4.69) is 0 Å². The van der Waals surface area contributed by atoms with Crippen molar-refractivity contribution in [3.63, 3.8) is 0 Å². The van der Waals surface area contributed by atoms with Gasteiger partial charge in [-0.1, -0.05) is 0 Å². The third-order valence-electron chi connectivity index (χ3n) is 0. The van der Waals surface area contributed by atoms with Crippen LogP contribution in [0, 0.1) is 0 Å². The minimum Gasteiger partial charge on any atom is -0.786 e. The Morgan fingerprint density at radius 1 is 1.43 bits per heavy atom. The van der Waals surface area contributed by atoms with E-state index in [1.54, 1.807) is 0 Å². The maximum absolute atomic E-state index is 10.1. The minimum atomic E-state index is -5.64. The Hall–Kier alpha value is 1.79. The van der Waals surface area contributed by atoms with Crippen LogP contribution in [-0.4, -0.2) is 0 Å². The van der Waals surface area contributed by atoms with Crippen LogP contribution < -0.4 is 39.3 Å². The van der Waals surface area contributed by atoms with Crippen LogP contribution in [0.15, 0.2) is 0 Å². The van der Waals surface area contributed by atoms with E-state index in [1.165, 1.54) is 0 Å². The summed E-state index contributed by atoms with van der Waals surface area (Å²) in [5.41, 5.74) is 0. The van der Waals surface area contributed by atoms with E-state index in [1.807, 2.05) is 0 Å². The predicted molar refractivity (Wildman–Crippen MR) is 8.71 cm³/mol. The van der Waals surface area contributed by atoms with Crippen LogP contribution in [-0.2, 0) is 26.3 Å². The Morgan fingerprint density at radius 2 is 1.43 bits per heavy atom. The van der Waals surface area contributed by atoms with Gasteiger partial charge < -0.3 is 14.4 Å². The third-order valence-corrected chi connectivity index (χ3v) is 0. The minimum absolute atomic E-state index is 0. The van der Waals surface area contributed by atoms with Gasteiger partial charge in [0.15, 0.2) is 0 Å². The molecule has 0 aromatic rings. The van der Waals surface area contributed by atoms with E-state index < -0.39 is 7.91 Å². The number of halogens is 1. The normalized spacial score (nSPS) is 8.43. The zero-order valence-electron chi connectivity index (χ0n) is 3.55. The first-order valence-electron chi connectivity index (χ1n) is 0.717. The molecule has 0 atom stereocenters. The molecule has 0 bridgehead atoms. The van der Waals surface area contributed by atoms with Crippen molar-refractivity contribution in [1.29, 1.82) is 0 Å². The van der Waals surface area contributed by atoms with Gasteiger partial charge in [0.05, 0.1) is 0 Å². The first-order chi connectivity index (χ1) is 2.00. The Labute approximate surface area is 77.1 Å². The standard InChI is InChI=1S/FH2O3P.Na.Ti/c1-5(2,3)4;;/h(H2,2,3,4);;/q;+1;+4/p-2. The van der Waals surface area contributed by atoms with Crippen molar-refractivity contribution in [1.82, 2.24) is 0 Å². The van der Waals surface area contributed by atoms with E-state index in [-0.39, 0.29) is 51.3 Å². The average molecular weight is 169 g/mol. The molecule has 0 unspecified atom stereocenters. The van der Waals surface area contributed by atoms with Gasteiger partial charge in [-0.25, -0.2) is 4.20 Å². The van der Waals surface area contributed by atoms with Gasteiger partial charge in [-0.05, 0) is 0 Å². The van der Waals surface area contributed by atoms with Crippen LogP contribution >= 0.6 is 7.91 Å². The van der Waals surface area contributed by atoms with E-state index in [0.29, 0.717) is 0 Å². The summed E-state index contributed by atoms with van der Waals surface area (Å²) in [7, 11) is -5.64. The number of hydrogen-bond acceptors (Lipinski definition) is 3. The van der Waals surface area contributed by atoms with Crippen LogP contribution in [0.2, 0.25) is 0 Å². The molecular formula is FNaO3PTi+3. The molecule has 0 aromatic carbocycles. The molecule has 0 spiro atoms. The van der Waals surface area contributed by atoms with Crippen LogP contribution in [0.1, 0.15) is 0 Å². The Bertz CT molecular complexity index is 61.1. The fraction of sp³-hybridized carbons (Fsp3) is 0. The summed E-state index contributed by atoms with van der Waals surface area (Å²) in [5, 5.41) is 0. The van der Waals surface area contributed by atoms with Crippen LogP contribution in [0.3, 0.4) is 0 Å². The monoisotopic (exact) mass is 169 g/mol. The number of hydrogen-bond donors (Lipinski definition) is 0. The Balaban J connectivity index is -0.0000000800. The molecule has 0 saturated heterocycles. The van der Waals surface area contributed by atoms with Crippen molar-refractivity contribution in [3.05, 3.63) is 0 Å². The van der Waals surface area contributed by atoms with Crippen LogP contribution in [0.4, 0.5) is 4.20 Å². The van der Waals surface area contributed by atoms with Crippen molar-refractivity contribution in [2.45, 2.75) is 0 Å². The zero-order chi connectivity index (χ0) is 4.50. The van der Waals surface area contributed by atoms with Crippen molar-refractivity contribution in [3.8, 4) is 0 Å². The van der Waals surface area contributed by atoms with Gasteiger partial charge >= 0.3 is 51.3 Å². The summed E-state index contributed by atoms with van der Waals surface area (Å²) >= 11 is 0. The molecule has 32 valence electrons. The smallest absolute Gasteiger partial charge is 0.786 e. The summed E-state index contributed by atoms with van der Waals surface area (Å²) in [6.07, 6.45) is 0. The maximum atomic E-state index is 10.1. The summed E-state index contributed by atoms with van der Waals surface area (Å²) in [5.74, 6) is 0. The first kappa shape index (κ1) is 15.9. The van der Waals surface area contributed by atoms with Crippen molar-refractivity contribution < 1.29 is 69.8 Å². The van der Waals surface area contributed by atoms with Crippen LogP contribution in [0.25, 0.3) is 0 Å². The Morgan fingerprint density at radius 3 is 1.43 bits per heavy atom. The SMILES string of the molecule is O=P([O-])([O-])F.[Na+].[Ti+4].